The van der Waals surface area contributed by atoms with Gasteiger partial charge in [-0.2, -0.15) is 0 Å². The second-order valence-electron chi connectivity index (χ2n) is 2.79. The quantitative estimate of drug-likeness (QED) is 0.621. The molecule has 11 heavy (non-hydrogen) atoms. The maximum atomic E-state index is 10.2. The predicted octanol–water partition coefficient (Wildman–Crippen LogP) is 2.45. The topological polar surface area (TPSA) is 37.3 Å². The van der Waals surface area contributed by atoms with Gasteiger partial charge in [-0.15, -0.1) is 0 Å². The zero-order valence-corrected chi connectivity index (χ0v) is 7.21. The Balaban J connectivity index is 3.50. The lowest BCUT2D eigenvalue weighted by atomic mass is 10.1. The minimum Gasteiger partial charge on any atom is -0.481 e. The van der Waals surface area contributed by atoms with E-state index in [2.05, 4.69) is 6.92 Å². The number of rotatable bonds is 5. The molecule has 2 heteroatoms. The lowest BCUT2D eigenvalue weighted by molar-refractivity contribution is -0.137. The van der Waals surface area contributed by atoms with Crippen LogP contribution in [0.4, 0.5) is 0 Å². The van der Waals surface area contributed by atoms with Crippen molar-refractivity contribution in [2.24, 2.45) is 5.92 Å². The molecule has 0 bridgehead atoms. The van der Waals surface area contributed by atoms with E-state index >= 15 is 0 Å². The summed E-state index contributed by atoms with van der Waals surface area (Å²) in [5.41, 5.74) is 0. The van der Waals surface area contributed by atoms with E-state index in [1.807, 2.05) is 19.1 Å². The highest BCUT2D eigenvalue weighted by Gasteiger charge is 2.01. The first-order valence-electron chi connectivity index (χ1n) is 4.05. The lowest BCUT2D eigenvalue weighted by Gasteiger charge is -1.99. The Hall–Kier alpha value is -0.790. The van der Waals surface area contributed by atoms with Crippen LogP contribution in [0.25, 0.3) is 0 Å². The zero-order chi connectivity index (χ0) is 8.69. The molecule has 0 radical (unpaired) electrons. The number of unbranched alkanes of at least 4 members (excludes halogenated alkanes) is 1. The molecule has 0 aromatic heterocycles. The lowest BCUT2D eigenvalue weighted by Crippen LogP contribution is -2.00. The highest BCUT2D eigenvalue weighted by Crippen LogP contribution is 2.04. The number of carboxylic acid groups (broad SMARTS) is 1. The van der Waals surface area contributed by atoms with E-state index in [0.717, 1.165) is 12.8 Å². The molecule has 0 saturated heterocycles. The molecule has 64 valence electrons. The van der Waals surface area contributed by atoms with Gasteiger partial charge in [-0.1, -0.05) is 32.4 Å². The fraction of sp³-hybridized carbons (Fsp3) is 0.667. The van der Waals surface area contributed by atoms with Crippen LogP contribution < -0.4 is 0 Å². The van der Waals surface area contributed by atoms with E-state index in [0.29, 0.717) is 0 Å². The van der Waals surface area contributed by atoms with Gasteiger partial charge in [0.15, 0.2) is 0 Å². The Kier molecular flexibility index (Phi) is 5.53. The Morgan fingerprint density at radius 1 is 1.64 bits per heavy atom. The number of carbonyl (C=O) groups is 1. The highest BCUT2D eigenvalue weighted by atomic mass is 16.4. The van der Waals surface area contributed by atoms with Crippen LogP contribution in [0.3, 0.4) is 0 Å². The summed E-state index contributed by atoms with van der Waals surface area (Å²) < 4.78 is 0. The van der Waals surface area contributed by atoms with Crippen molar-refractivity contribution in [2.45, 2.75) is 33.1 Å². The van der Waals surface area contributed by atoms with Gasteiger partial charge in [0.2, 0.25) is 0 Å². The van der Waals surface area contributed by atoms with Crippen LogP contribution in [-0.4, -0.2) is 11.1 Å². The van der Waals surface area contributed by atoms with Crippen molar-refractivity contribution in [3.05, 3.63) is 12.2 Å². The molecule has 0 saturated carbocycles. The van der Waals surface area contributed by atoms with Crippen LogP contribution >= 0.6 is 0 Å². The van der Waals surface area contributed by atoms with Gasteiger partial charge in [0.1, 0.15) is 0 Å². The molecule has 0 aromatic rings. The van der Waals surface area contributed by atoms with Gasteiger partial charge in [0.05, 0.1) is 6.42 Å². The third-order valence-electron chi connectivity index (χ3n) is 1.42. The number of hydrogen-bond acceptors (Lipinski definition) is 1. The second kappa shape index (κ2) is 5.96. The second-order valence-corrected chi connectivity index (χ2v) is 2.79. The van der Waals surface area contributed by atoms with Gasteiger partial charge in [0.25, 0.3) is 0 Å². The molecule has 0 heterocycles. The number of aliphatic carboxylic acids is 1. The van der Waals surface area contributed by atoms with Gasteiger partial charge in [-0.05, 0) is 12.3 Å². The van der Waals surface area contributed by atoms with Gasteiger partial charge in [-0.25, -0.2) is 0 Å². The van der Waals surface area contributed by atoms with Crippen LogP contribution in [0.2, 0.25) is 0 Å². The van der Waals surface area contributed by atoms with Crippen LogP contribution in [0.15, 0.2) is 12.2 Å². The summed E-state index contributed by atoms with van der Waals surface area (Å²) in [5.74, 6) is -0.558. The monoisotopic (exact) mass is 156 g/mol. The summed E-state index contributed by atoms with van der Waals surface area (Å²) in [6.45, 7) is 4.02. The van der Waals surface area contributed by atoms with E-state index in [-0.39, 0.29) is 12.3 Å². The number of carboxylic acids is 1. The smallest absolute Gasteiger partial charge is 0.303 e. The van der Waals surface area contributed by atoms with Crippen molar-refractivity contribution >= 4 is 5.97 Å². The van der Waals surface area contributed by atoms with Crippen molar-refractivity contribution in [2.75, 3.05) is 0 Å². The van der Waals surface area contributed by atoms with Crippen LogP contribution in [-0.2, 0) is 4.79 Å². The van der Waals surface area contributed by atoms with Crippen molar-refractivity contribution in [3.8, 4) is 0 Å². The summed E-state index contributed by atoms with van der Waals surface area (Å²) in [4.78, 5) is 10.2. The highest BCUT2D eigenvalue weighted by molar-refractivity contribution is 5.67. The van der Waals surface area contributed by atoms with Crippen LogP contribution in [0.1, 0.15) is 33.1 Å². The summed E-state index contributed by atoms with van der Waals surface area (Å²) in [7, 11) is 0. The largest absolute Gasteiger partial charge is 0.481 e. The Labute approximate surface area is 67.9 Å². The minimum atomic E-state index is -0.723. The van der Waals surface area contributed by atoms with E-state index < -0.39 is 5.97 Å². The predicted molar refractivity (Wildman–Crippen MR) is 45.5 cm³/mol. The summed E-state index contributed by atoms with van der Waals surface area (Å²) in [6, 6.07) is 0. The van der Waals surface area contributed by atoms with E-state index in [4.69, 9.17) is 5.11 Å². The summed E-state index contributed by atoms with van der Waals surface area (Å²) >= 11 is 0. The molecule has 0 aliphatic rings. The van der Waals surface area contributed by atoms with Crippen molar-refractivity contribution in [3.63, 3.8) is 0 Å². The van der Waals surface area contributed by atoms with Crippen LogP contribution in [0, 0.1) is 5.92 Å². The van der Waals surface area contributed by atoms with E-state index in [9.17, 15) is 4.79 Å². The molecule has 1 unspecified atom stereocenters. The third-order valence-corrected chi connectivity index (χ3v) is 1.42. The number of allylic oxidation sites excluding steroid dienone is 2. The summed E-state index contributed by atoms with van der Waals surface area (Å²) in [5, 5.41) is 8.41. The molecule has 0 amide bonds. The average Bonchev–Trinajstić information content (AvgIpc) is 1.86. The molecule has 0 fully saturated rings. The standard InChI is InChI=1S/C9H16O2/c1-3-4-5-6-8(2)7-9(10)11/h5-6,8H,3-4,7H2,1-2H3,(H,10,11)/b6-5-. The molecule has 1 atom stereocenters. The fourth-order valence-electron chi connectivity index (χ4n) is 0.839. The molecule has 2 nitrogen and oxygen atoms in total. The minimum absolute atomic E-state index is 0.166. The van der Waals surface area contributed by atoms with E-state index in [1.165, 1.54) is 0 Å². The third kappa shape index (κ3) is 7.10. The van der Waals surface area contributed by atoms with Gasteiger partial charge >= 0.3 is 5.97 Å². The molecular weight excluding hydrogens is 140 g/mol. The molecule has 0 aliphatic carbocycles. The molecular formula is C9H16O2. The fourth-order valence-corrected chi connectivity index (χ4v) is 0.839. The van der Waals surface area contributed by atoms with Gasteiger partial charge in [0, 0.05) is 0 Å². The molecule has 1 N–H and O–H groups in total. The van der Waals surface area contributed by atoms with Gasteiger partial charge < -0.3 is 5.11 Å². The van der Waals surface area contributed by atoms with Crippen molar-refractivity contribution in [1.29, 1.82) is 0 Å². The Morgan fingerprint density at radius 2 is 2.27 bits per heavy atom. The molecule has 0 spiro atoms. The maximum absolute atomic E-state index is 10.2. The van der Waals surface area contributed by atoms with Crippen LogP contribution in [0.5, 0.6) is 0 Å². The molecule has 0 aliphatic heterocycles. The van der Waals surface area contributed by atoms with E-state index in [1.54, 1.807) is 0 Å². The number of hydrogen-bond donors (Lipinski definition) is 1. The van der Waals surface area contributed by atoms with Crippen molar-refractivity contribution in [1.82, 2.24) is 0 Å². The SMILES string of the molecule is CCC/C=C\C(C)CC(=O)O. The molecule has 0 aromatic carbocycles. The van der Waals surface area contributed by atoms with Gasteiger partial charge in [-0.3, -0.25) is 4.79 Å². The average molecular weight is 156 g/mol. The first-order valence-corrected chi connectivity index (χ1v) is 4.05. The Morgan fingerprint density at radius 3 is 2.73 bits per heavy atom. The molecule has 0 rings (SSSR count). The van der Waals surface area contributed by atoms with Crippen molar-refractivity contribution < 1.29 is 9.90 Å². The summed E-state index contributed by atoms with van der Waals surface area (Å²) in [6.07, 6.45) is 6.42. The first kappa shape index (κ1) is 10.2. The maximum Gasteiger partial charge on any atom is 0.303 e. The zero-order valence-electron chi connectivity index (χ0n) is 7.21. The Bertz CT molecular complexity index is 138. The first-order chi connectivity index (χ1) is 5.16. The normalized spacial score (nSPS) is 13.6.